The molecule has 7 heavy (non-hydrogen) atoms. The first-order chi connectivity index (χ1) is 0. The van der Waals surface area contributed by atoms with E-state index in [4.69, 9.17) is 0 Å². The van der Waals surface area contributed by atoms with Gasteiger partial charge in [-0.3, -0.25) is 0 Å². The Morgan fingerprint density at radius 2 is 0.286 bits per heavy atom. The number of hydrogen-bond acceptors (Lipinski definition) is 0. The van der Waals surface area contributed by atoms with Crippen LogP contribution in [0.3, 0.4) is 0 Å². The average molecular weight is 271 g/mol. The van der Waals surface area contributed by atoms with Crippen LogP contribution in [0.25, 0.3) is 0 Å². The number of rotatable bonds is 0. The van der Waals surface area contributed by atoms with E-state index < -0.39 is 0 Å². The van der Waals surface area contributed by atoms with E-state index in [0.717, 1.165) is 0 Å². The van der Waals surface area contributed by atoms with E-state index in [0.29, 0.717) is 0 Å². The Balaban J connectivity index is 0. The maximum Gasteiger partial charge on any atom is 4.00 e. The fourth-order valence-corrected chi connectivity index (χ4v) is 0. The van der Waals surface area contributed by atoms with Crippen LogP contribution in [0.2, 0.25) is 0 Å². The van der Waals surface area contributed by atoms with Gasteiger partial charge in [0.05, 0.1) is 0 Å². The van der Waals surface area contributed by atoms with E-state index >= 15 is 0 Å². The Morgan fingerprint density at radius 1 is 0.286 bits per heavy atom. The van der Waals surface area contributed by atoms with E-state index in [2.05, 4.69) is 0 Å². The molecule has 0 unspecified atom stereocenters. The van der Waals surface area contributed by atoms with Crippen molar-refractivity contribution in [2.24, 2.45) is 0 Å². The van der Waals surface area contributed by atoms with Crippen molar-refractivity contribution in [3.8, 4) is 0 Å². The van der Waals surface area contributed by atoms with Gasteiger partial charge in [0.2, 0.25) is 0 Å². The smallest absolute Gasteiger partial charge is 2.00 e. The molecule has 0 aromatic carbocycles. The zero-order valence-corrected chi connectivity index (χ0v) is 11.1. The molecule has 0 aromatic heterocycles. The van der Waals surface area contributed by atoms with Crippen LogP contribution in [0.15, 0.2) is 0 Å². The Labute approximate surface area is 117 Å². The zero-order chi connectivity index (χ0) is 0. The summed E-state index contributed by atoms with van der Waals surface area (Å²) in [6, 6.07) is 0. The molecule has 0 aliphatic rings. The first-order valence-electron chi connectivity index (χ1n) is 0. The van der Waals surface area contributed by atoms with Crippen molar-refractivity contribution < 1.29 is 120 Å². The summed E-state index contributed by atoms with van der Waals surface area (Å²) in [7, 11) is 0. The molecule has 2 nitrogen and oxygen atoms in total. The van der Waals surface area contributed by atoms with E-state index in [-0.39, 0.29) is 120 Å². The van der Waals surface area contributed by atoms with Crippen LogP contribution in [0, 0.1) is 0 Å². The van der Waals surface area contributed by atoms with Crippen molar-refractivity contribution in [3.05, 3.63) is 0 Å². The fourth-order valence-electron chi connectivity index (χ4n) is 0. The predicted octanol–water partition coefficient (Wildman–Crippen LogP) is -0.250. The molecule has 0 saturated heterocycles. The molecule has 0 atom stereocenters. The normalized spacial score (nSPS) is 0. The van der Waals surface area contributed by atoms with Gasteiger partial charge in [0.1, 0.15) is 0 Å². The van der Waals surface area contributed by atoms with Crippen molar-refractivity contribution in [3.63, 3.8) is 0 Å². The van der Waals surface area contributed by atoms with Gasteiger partial charge in [0, 0.05) is 0 Å². The SMILES string of the molecule is [O-2].[O-2].[Ti+4].[Ti+4].[Ti+4].[Ti+4].[Ti+4]. The summed E-state index contributed by atoms with van der Waals surface area (Å²) < 4.78 is 0. The Hall–Kier alpha value is 3.49. The third kappa shape index (κ3) is 43.7. The second-order valence-corrected chi connectivity index (χ2v) is 0. The van der Waals surface area contributed by atoms with Crippen LogP contribution < -0.4 is 0 Å². The molecule has 0 aromatic rings. The molecule has 0 radical (unpaired) electrons. The standard InChI is InChI=1S/2O.5Ti/q2*-2;5*+4. The van der Waals surface area contributed by atoms with E-state index in [1.165, 1.54) is 0 Å². The van der Waals surface area contributed by atoms with Gasteiger partial charge in [-0.05, 0) is 0 Å². The first-order valence-corrected chi connectivity index (χ1v) is 0. The van der Waals surface area contributed by atoms with Crippen molar-refractivity contribution in [2.45, 2.75) is 0 Å². The summed E-state index contributed by atoms with van der Waals surface area (Å²) in [5, 5.41) is 0. The topological polar surface area (TPSA) is 57.0 Å². The van der Waals surface area contributed by atoms with E-state index in [1.807, 2.05) is 0 Å². The van der Waals surface area contributed by atoms with Crippen LogP contribution in [0.4, 0.5) is 0 Å². The molecule has 0 amide bonds. The molecule has 16 valence electrons. The third-order valence-electron chi connectivity index (χ3n) is 0. The minimum Gasteiger partial charge on any atom is -2.00 e. The first kappa shape index (κ1) is 77.5. The Bertz CT molecular complexity index is 6.04. The van der Waals surface area contributed by atoms with E-state index in [1.54, 1.807) is 0 Å². The summed E-state index contributed by atoms with van der Waals surface area (Å²) in [4.78, 5) is 0. The van der Waals surface area contributed by atoms with Gasteiger partial charge in [-0.2, -0.15) is 0 Å². The van der Waals surface area contributed by atoms with Gasteiger partial charge in [0.25, 0.3) is 0 Å². The quantitative estimate of drug-likeness (QED) is 0.546. The molecular formula is O2Ti5+16. The summed E-state index contributed by atoms with van der Waals surface area (Å²) in [6.45, 7) is 0. The van der Waals surface area contributed by atoms with Gasteiger partial charge >= 0.3 is 109 Å². The molecule has 0 fully saturated rings. The molecule has 0 N–H and O–H groups in total. The van der Waals surface area contributed by atoms with Crippen LogP contribution in [-0.2, 0) is 120 Å². The predicted molar refractivity (Wildman–Crippen MR) is 1.37 cm³/mol. The van der Waals surface area contributed by atoms with Crippen molar-refractivity contribution in [1.29, 1.82) is 0 Å². The minimum absolute atomic E-state index is 0. The van der Waals surface area contributed by atoms with Gasteiger partial charge in [-0.25, -0.2) is 0 Å². The van der Waals surface area contributed by atoms with Crippen LogP contribution >= 0.6 is 0 Å². The van der Waals surface area contributed by atoms with E-state index in [9.17, 15) is 0 Å². The van der Waals surface area contributed by atoms with Gasteiger partial charge in [-0.15, -0.1) is 0 Å². The molecular weight excluding hydrogens is 271 g/mol. The van der Waals surface area contributed by atoms with Gasteiger partial charge < -0.3 is 11.0 Å². The fraction of sp³-hybridized carbons (Fsp3) is 0. The minimum atomic E-state index is 0. The second kappa shape index (κ2) is 56.1. The maximum absolute atomic E-state index is 0. The summed E-state index contributed by atoms with van der Waals surface area (Å²) in [5.74, 6) is 0. The molecule has 0 spiro atoms. The number of hydrogen-bond donors (Lipinski definition) is 0. The van der Waals surface area contributed by atoms with Crippen LogP contribution in [-0.4, -0.2) is 0 Å². The van der Waals surface area contributed by atoms with Crippen LogP contribution in [0.5, 0.6) is 0 Å². The van der Waals surface area contributed by atoms with Gasteiger partial charge in [-0.1, -0.05) is 0 Å². The van der Waals surface area contributed by atoms with Gasteiger partial charge in [0.15, 0.2) is 0 Å². The molecule has 0 aliphatic carbocycles. The summed E-state index contributed by atoms with van der Waals surface area (Å²) >= 11 is 0. The maximum atomic E-state index is 0. The molecule has 7 heteroatoms. The molecule has 0 heterocycles. The molecule has 0 saturated carbocycles. The summed E-state index contributed by atoms with van der Waals surface area (Å²) in [5.41, 5.74) is 0. The third-order valence-corrected chi connectivity index (χ3v) is 0. The second-order valence-electron chi connectivity index (χ2n) is 0. The average Bonchev–Trinajstić information content (AvgIpc) is 0. The van der Waals surface area contributed by atoms with Crippen molar-refractivity contribution >= 4 is 0 Å². The Kier molecular flexibility index (Phi) is 622. The van der Waals surface area contributed by atoms with Crippen molar-refractivity contribution in [2.75, 3.05) is 0 Å². The molecule has 0 bridgehead atoms. The Morgan fingerprint density at radius 3 is 0.286 bits per heavy atom. The largest absolute Gasteiger partial charge is 4.00 e. The molecule has 0 rings (SSSR count). The summed E-state index contributed by atoms with van der Waals surface area (Å²) in [6.07, 6.45) is 0. The zero-order valence-electron chi connectivity index (χ0n) is 3.32. The molecule has 0 aliphatic heterocycles. The van der Waals surface area contributed by atoms with Crippen molar-refractivity contribution in [1.82, 2.24) is 0 Å². The van der Waals surface area contributed by atoms with Crippen LogP contribution in [0.1, 0.15) is 0 Å². The monoisotopic (exact) mass is 272 g/mol.